The second-order valence-electron chi connectivity index (χ2n) is 3.36. The van der Waals surface area contributed by atoms with Crippen molar-refractivity contribution in [1.29, 1.82) is 0 Å². The first kappa shape index (κ1) is 8.63. The highest BCUT2D eigenvalue weighted by Crippen LogP contribution is 2.28. The minimum absolute atomic E-state index is 0.188. The van der Waals surface area contributed by atoms with E-state index < -0.39 is 0 Å². The number of nitrogens with zero attached hydrogens (tertiary/aromatic N) is 1. The van der Waals surface area contributed by atoms with Crippen molar-refractivity contribution in [2.75, 3.05) is 0 Å². The van der Waals surface area contributed by atoms with Gasteiger partial charge in [-0.3, -0.25) is 0 Å². The highest BCUT2D eigenvalue weighted by molar-refractivity contribution is 7.13. The van der Waals surface area contributed by atoms with Crippen molar-refractivity contribution in [3.8, 4) is 0 Å². The van der Waals surface area contributed by atoms with Crippen LogP contribution in [0.3, 0.4) is 0 Å². The predicted octanol–water partition coefficient (Wildman–Crippen LogP) is 3.56. The van der Waals surface area contributed by atoms with Crippen LogP contribution in [-0.2, 0) is 0 Å². The molecule has 1 nitrogen and oxygen atoms in total. The number of rotatable bonds is 1. The van der Waals surface area contributed by atoms with Crippen molar-refractivity contribution in [3.05, 3.63) is 29.7 Å². The molecule has 13 heavy (non-hydrogen) atoms. The summed E-state index contributed by atoms with van der Waals surface area (Å²) in [5.74, 6) is 0.214. The topological polar surface area (TPSA) is 12.9 Å². The van der Waals surface area contributed by atoms with Gasteiger partial charge in [0, 0.05) is 5.39 Å². The maximum absolute atomic E-state index is 12.8. The Kier molecular flexibility index (Phi) is 2.04. The molecule has 0 bridgehead atoms. The van der Waals surface area contributed by atoms with Gasteiger partial charge in [-0.2, -0.15) is 4.37 Å². The molecular formula is C10H10FNS. The molecule has 0 radical (unpaired) electrons. The minimum atomic E-state index is -0.188. The van der Waals surface area contributed by atoms with Crippen molar-refractivity contribution in [1.82, 2.24) is 4.37 Å². The summed E-state index contributed by atoms with van der Waals surface area (Å²) in [4.78, 5) is 0. The average Bonchev–Trinajstić information content (AvgIpc) is 2.46. The average molecular weight is 195 g/mol. The van der Waals surface area contributed by atoms with Crippen molar-refractivity contribution in [2.45, 2.75) is 19.8 Å². The maximum Gasteiger partial charge on any atom is 0.124 e. The van der Waals surface area contributed by atoms with Crippen molar-refractivity contribution < 1.29 is 4.39 Å². The fraction of sp³-hybridized carbons (Fsp3) is 0.300. The molecule has 2 aromatic rings. The lowest BCUT2D eigenvalue weighted by Gasteiger charge is -1.99. The number of halogens is 1. The molecule has 0 saturated carbocycles. The highest BCUT2D eigenvalue weighted by Gasteiger charge is 2.09. The molecule has 68 valence electrons. The summed E-state index contributed by atoms with van der Waals surface area (Å²) < 4.78 is 18.1. The van der Waals surface area contributed by atoms with Gasteiger partial charge < -0.3 is 0 Å². The Morgan fingerprint density at radius 1 is 1.38 bits per heavy atom. The number of benzene rings is 1. The van der Waals surface area contributed by atoms with Crippen molar-refractivity contribution >= 4 is 21.6 Å². The van der Waals surface area contributed by atoms with Crippen LogP contribution in [0.15, 0.2) is 18.2 Å². The van der Waals surface area contributed by atoms with E-state index in [9.17, 15) is 4.39 Å². The summed E-state index contributed by atoms with van der Waals surface area (Å²) in [6, 6.07) is 4.84. The van der Waals surface area contributed by atoms with Gasteiger partial charge >= 0.3 is 0 Å². The van der Waals surface area contributed by atoms with E-state index in [1.54, 1.807) is 6.07 Å². The Bertz CT molecular complexity index is 433. The third-order valence-corrected chi connectivity index (χ3v) is 2.83. The van der Waals surface area contributed by atoms with Gasteiger partial charge in [-0.05, 0) is 35.6 Å². The first-order chi connectivity index (χ1) is 6.18. The smallest absolute Gasteiger partial charge is 0.124 e. The zero-order chi connectivity index (χ0) is 9.42. The van der Waals surface area contributed by atoms with Gasteiger partial charge in [0.25, 0.3) is 0 Å². The molecule has 1 aromatic carbocycles. The molecule has 0 fully saturated rings. The van der Waals surface area contributed by atoms with E-state index in [4.69, 9.17) is 0 Å². The van der Waals surface area contributed by atoms with Crippen LogP contribution in [0, 0.1) is 5.82 Å². The van der Waals surface area contributed by atoms with Gasteiger partial charge in [-0.15, -0.1) is 0 Å². The zero-order valence-electron chi connectivity index (χ0n) is 7.54. The predicted molar refractivity (Wildman–Crippen MR) is 53.7 cm³/mol. The fourth-order valence-corrected chi connectivity index (χ4v) is 2.29. The summed E-state index contributed by atoms with van der Waals surface area (Å²) in [5.41, 5.74) is 1.07. The molecule has 0 N–H and O–H groups in total. The van der Waals surface area contributed by atoms with E-state index in [1.165, 1.54) is 17.6 Å². The van der Waals surface area contributed by atoms with Crippen molar-refractivity contribution in [3.63, 3.8) is 0 Å². The fourth-order valence-electron chi connectivity index (χ4n) is 1.35. The second kappa shape index (κ2) is 3.07. The summed E-state index contributed by atoms with van der Waals surface area (Å²) in [7, 11) is 0. The maximum atomic E-state index is 12.8. The normalized spacial score (nSPS) is 11.4. The summed E-state index contributed by atoms with van der Waals surface area (Å²) in [6.45, 7) is 4.19. The van der Waals surface area contributed by atoms with Crippen molar-refractivity contribution in [2.24, 2.45) is 0 Å². The molecule has 1 aromatic heterocycles. The molecule has 0 aliphatic carbocycles. The zero-order valence-corrected chi connectivity index (χ0v) is 8.36. The van der Waals surface area contributed by atoms with Crippen LogP contribution in [-0.4, -0.2) is 4.37 Å². The van der Waals surface area contributed by atoms with Crippen LogP contribution < -0.4 is 0 Å². The Morgan fingerprint density at radius 3 is 2.85 bits per heavy atom. The van der Waals surface area contributed by atoms with Gasteiger partial charge in [0.05, 0.1) is 10.4 Å². The molecule has 0 atom stereocenters. The molecular weight excluding hydrogens is 185 g/mol. The summed E-state index contributed by atoms with van der Waals surface area (Å²) in [6.07, 6.45) is 0. The van der Waals surface area contributed by atoms with E-state index in [1.807, 2.05) is 6.07 Å². The van der Waals surface area contributed by atoms with Gasteiger partial charge in [0.2, 0.25) is 0 Å². The Labute approximate surface area is 80.4 Å². The molecule has 0 spiro atoms. The summed E-state index contributed by atoms with van der Waals surface area (Å²) >= 11 is 1.37. The SMILES string of the molecule is CC(C)c1nsc2cc(F)ccc12. The van der Waals surface area contributed by atoms with Crippen LogP contribution >= 0.6 is 11.5 Å². The van der Waals surface area contributed by atoms with E-state index in [0.717, 1.165) is 15.8 Å². The Morgan fingerprint density at radius 2 is 2.15 bits per heavy atom. The number of hydrogen-bond donors (Lipinski definition) is 0. The first-order valence-corrected chi connectivity index (χ1v) is 5.00. The van der Waals surface area contributed by atoms with E-state index in [0.29, 0.717) is 5.92 Å². The quantitative estimate of drug-likeness (QED) is 0.678. The monoisotopic (exact) mass is 195 g/mol. The number of hydrogen-bond acceptors (Lipinski definition) is 2. The largest absolute Gasteiger partial charge is 0.207 e. The number of fused-ring (bicyclic) bond motifs is 1. The van der Waals surface area contributed by atoms with Crippen LogP contribution in [0.1, 0.15) is 25.5 Å². The molecule has 0 amide bonds. The molecule has 0 aliphatic heterocycles. The molecule has 1 heterocycles. The van der Waals surface area contributed by atoms with E-state index >= 15 is 0 Å². The second-order valence-corrected chi connectivity index (χ2v) is 4.17. The standard InChI is InChI=1S/C10H10FNS/c1-6(2)10-8-4-3-7(11)5-9(8)13-12-10/h3-6H,1-2H3. The third-order valence-electron chi connectivity index (χ3n) is 2.01. The van der Waals surface area contributed by atoms with Gasteiger partial charge in [0.15, 0.2) is 0 Å². The van der Waals surface area contributed by atoms with Crippen LogP contribution in [0.2, 0.25) is 0 Å². The minimum Gasteiger partial charge on any atom is -0.207 e. The summed E-state index contributed by atoms with van der Waals surface area (Å²) in [5, 5.41) is 1.08. The molecule has 0 aliphatic rings. The van der Waals surface area contributed by atoms with Crippen LogP contribution in [0.25, 0.3) is 10.1 Å². The van der Waals surface area contributed by atoms with Crippen LogP contribution in [0.4, 0.5) is 4.39 Å². The Balaban J connectivity index is 2.69. The lowest BCUT2D eigenvalue weighted by atomic mass is 10.1. The lowest BCUT2D eigenvalue weighted by molar-refractivity contribution is 0.630. The van der Waals surface area contributed by atoms with Gasteiger partial charge in [-0.1, -0.05) is 13.8 Å². The molecule has 2 rings (SSSR count). The van der Waals surface area contributed by atoms with Crippen LogP contribution in [0.5, 0.6) is 0 Å². The molecule has 0 saturated heterocycles. The lowest BCUT2D eigenvalue weighted by Crippen LogP contribution is -1.86. The first-order valence-electron chi connectivity index (χ1n) is 4.23. The number of aromatic nitrogens is 1. The van der Waals surface area contributed by atoms with Gasteiger partial charge in [-0.25, -0.2) is 4.39 Å². The third kappa shape index (κ3) is 1.44. The Hall–Kier alpha value is -0.960. The van der Waals surface area contributed by atoms with E-state index in [-0.39, 0.29) is 5.82 Å². The van der Waals surface area contributed by atoms with Gasteiger partial charge in [0.1, 0.15) is 5.82 Å². The molecule has 0 unspecified atom stereocenters. The van der Waals surface area contributed by atoms with E-state index in [2.05, 4.69) is 18.2 Å². The molecule has 3 heteroatoms. The highest BCUT2D eigenvalue weighted by atomic mass is 32.1.